The summed E-state index contributed by atoms with van der Waals surface area (Å²) in [5.74, 6) is -0.450. The van der Waals surface area contributed by atoms with Crippen LogP contribution in [0.25, 0.3) is 0 Å². The van der Waals surface area contributed by atoms with Crippen molar-refractivity contribution in [3.05, 3.63) is 12.2 Å². The molecule has 6 aliphatic rings. The van der Waals surface area contributed by atoms with Gasteiger partial charge in [-0.1, -0.05) is 39.8 Å². The second-order valence-electron chi connectivity index (χ2n) is 18.5. The topological polar surface area (TPSA) is 251 Å². The van der Waals surface area contributed by atoms with Crippen LogP contribution in [0.15, 0.2) is 12.2 Å². The average Bonchev–Trinajstić information content (AvgIpc) is 3.40. The number of ether oxygens (including phenoxy) is 5. The molecule has 6 fully saturated rings. The molecule has 16 nitrogen and oxygen atoms in total. The molecule has 17 heteroatoms. The maximum absolute atomic E-state index is 12.6. The first-order valence-electron chi connectivity index (χ1n) is 20.3. The van der Waals surface area contributed by atoms with E-state index in [-0.39, 0.29) is 66.0 Å². The van der Waals surface area contributed by atoms with Gasteiger partial charge in [0, 0.05) is 25.4 Å². The molecular weight excluding hydrogens is 756 g/mol. The third-order valence-electron chi connectivity index (χ3n) is 15.2. The fraction of sp³-hybridized carbons (Fsp3) is 0.949. The molecule has 6 rings (SSSR count). The minimum atomic E-state index is -5.07. The van der Waals surface area contributed by atoms with E-state index in [1.807, 2.05) is 6.92 Å². The van der Waals surface area contributed by atoms with Crippen LogP contribution in [0.2, 0.25) is 0 Å². The first-order valence-corrected chi connectivity index (χ1v) is 21.7. The van der Waals surface area contributed by atoms with Crippen molar-refractivity contribution in [3.63, 3.8) is 0 Å². The van der Waals surface area contributed by atoms with E-state index in [0.29, 0.717) is 25.7 Å². The molecule has 0 aromatic rings. The summed E-state index contributed by atoms with van der Waals surface area (Å²) in [7, 11) is -3.81. The SMILES string of the molecule is C=C(CC[C@@H](C)[C@H]1C[C@@H](O)[C@@H]2[C@]1(C)CC[C@@H]1[C@@]3(C)CC[C@H](O)C[C@@H]3[C@@H](O)C[C@]12O)C(C)CO[C@@H]1OC[C@@H](O)[C@H](OS(=O)(=O)O)[C@H]1O[C@@H]1OC[C@@H](O)[C@H](O)[C@H]1OC. The summed E-state index contributed by atoms with van der Waals surface area (Å²) in [6.07, 6.45) is -7.46. The van der Waals surface area contributed by atoms with Gasteiger partial charge in [-0.05, 0) is 85.9 Å². The van der Waals surface area contributed by atoms with Gasteiger partial charge in [-0.15, -0.1) is 0 Å². The van der Waals surface area contributed by atoms with Crippen molar-refractivity contribution in [2.24, 2.45) is 46.3 Å². The van der Waals surface area contributed by atoms with Gasteiger partial charge in [-0.2, -0.15) is 8.42 Å². The van der Waals surface area contributed by atoms with Gasteiger partial charge in [-0.25, -0.2) is 4.18 Å². The lowest BCUT2D eigenvalue weighted by molar-refractivity contribution is -0.343. The first kappa shape index (κ1) is 44.7. The molecule has 0 amide bonds. The van der Waals surface area contributed by atoms with E-state index >= 15 is 0 Å². The lowest BCUT2D eigenvalue weighted by Crippen LogP contribution is -2.68. The van der Waals surface area contributed by atoms with Crippen LogP contribution in [0.1, 0.15) is 85.5 Å². The van der Waals surface area contributed by atoms with Gasteiger partial charge in [0.15, 0.2) is 12.6 Å². The van der Waals surface area contributed by atoms with Crippen LogP contribution < -0.4 is 0 Å². The molecule has 0 radical (unpaired) electrons. The molecule has 324 valence electrons. The van der Waals surface area contributed by atoms with Crippen LogP contribution in [0.5, 0.6) is 0 Å². The Hall–Kier alpha value is -0.870. The molecule has 0 spiro atoms. The van der Waals surface area contributed by atoms with Crippen molar-refractivity contribution in [1.82, 2.24) is 0 Å². The Morgan fingerprint density at radius 2 is 1.54 bits per heavy atom. The molecule has 0 aromatic heterocycles. The van der Waals surface area contributed by atoms with Gasteiger partial charge in [0.25, 0.3) is 0 Å². The second kappa shape index (κ2) is 16.9. The van der Waals surface area contributed by atoms with Crippen molar-refractivity contribution in [2.45, 2.75) is 159 Å². The van der Waals surface area contributed by atoms with E-state index in [9.17, 15) is 48.7 Å². The van der Waals surface area contributed by atoms with Crippen molar-refractivity contribution >= 4 is 10.4 Å². The highest BCUT2D eigenvalue weighted by Gasteiger charge is 2.70. The van der Waals surface area contributed by atoms with Crippen molar-refractivity contribution < 1.29 is 76.6 Å². The highest BCUT2D eigenvalue weighted by Crippen LogP contribution is 2.69. The molecule has 2 heterocycles. The number of methoxy groups -OCH3 is 1. The summed E-state index contributed by atoms with van der Waals surface area (Å²) in [6, 6.07) is 0. The molecule has 0 bridgehead atoms. The Morgan fingerprint density at radius 3 is 2.21 bits per heavy atom. The van der Waals surface area contributed by atoms with Gasteiger partial charge >= 0.3 is 10.4 Å². The Balaban J connectivity index is 1.08. The molecule has 1 unspecified atom stereocenters. The maximum atomic E-state index is 12.6. The van der Waals surface area contributed by atoms with Gasteiger partial charge in [0.1, 0.15) is 36.6 Å². The summed E-state index contributed by atoms with van der Waals surface area (Å²) >= 11 is 0. The Bertz CT molecular complexity index is 1480. The zero-order valence-corrected chi connectivity index (χ0v) is 34.1. The number of fused-ring (bicyclic) bond motifs is 5. The lowest BCUT2D eigenvalue weighted by atomic mass is 9.42. The number of hydrogen-bond donors (Lipinski definition) is 8. The predicted octanol–water partition coefficient (Wildman–Crippen LogP) is 1.07. The summed E-state index contributed by atoms with van der Waals surface area (Å²) in [6.45, 7) is 12.1. The first-order chi connectivity index (χ1) is 26.1. The summed E-state index contributed by atoms with van der Waals surface area (Å²) in [5, 5.41) is 77.3. The van der Waals surface area contributed by atoms with E-state index in [1.165, 1.54) is 7.11 Å². The highest BCUT2D eigenvalue weighted by molar-refractivity contribution is 7.80. The molecule has 2 saturated heterocycles. The average molecular weight is 823 g/mol. The molecule has 4 saturated carbocycles. The molecule has 8 N–H and O–H groups in total. The Morgan fingerprint density at radius 1 is 0.875 bits per heavy atom. The fourth-order valence-electron chi connectivity index (χ4n) is 12.2. The van der Waals surface area contributed by atoms with E-state index in [0.717, 1.165) is 31.3 Å². The molecule has 0 aromatic carbocycles. The third-order valence-corrected chi connectivity index (χ3v) is 15.6. The predicted molar refractivity (Wildman–Crippen MR) is 198 cm³/mol. The highest BCUT2D eigenvalue weighted by atomic mass is 32.3. The van der Waals surface area contributed by atoms with Crippen LogP contribution >= 0.6 is 0 Å². The number of rotatable bonds is 13. The van der Waals surface area contributed by atoms with Crippen LogP contribution in [0.3, 0.4) is 0 Å². The van der Waals surface area contributed by atoms with E-state index in [4.69, 9.17) is 27.9 Å². The number of aliphatic hydroxyl groups excluding tert-OH is 6. The van der Waals surface area contributed by atoms with E-state index in [1.54, 1.807) is 0 Å². The van der Waals surface area contributed by atoms with Crippen LogP contribution in [-0.2, 0) is 38.3 Å². The van der Waals surface area contributed by atoms with Gasteiger partial charge in [0.05, 0.1) is 43.7 Å². The van der Waals surface area contributed by atoms with Crippen molar-refractivity contribution in [3.8, 4) is 0 Å². The van der Waals surface area contributed by atoms with E-state index in [2.05, 4.69) is 27.4 Å². The molecule has 4 aliphatic carbocycles. The van der Waals surface area contributed by atoms with Gasteiger partial charge in [-0.3, -0.25) is 4.55 Å². The molecule has 20 atom stereocenters. The monoisotopic (exact) mass is 822 g/mol. The largest absolute Gasteiger partial charge is 0.397 e. The van der Waals surface area contributed by atoms with Crippen LogP contribution in [0.4, 0.5) is 0 Å². The Kier molecular flexibility index (Phi) is 13.5. The minimum Gasteiger partial charge on any atom is -0.393 e. The van der Waals surface area contributed by atoms with Crippen LogP contribution in [0, 0.1) is 46.3 Å². The minimum absolute atomic E-state index is 0.0441. The molecular formula is C39H66O16S. The third kappa shape index (κ3) is 8.40. The smallest absolute Gasteiger partial charge is 0.393 e. The quantitative estimate of drug-likeness (QED) is 0.0956. The van der Waals surface area contributed by atoms with E-state index < -0.39 is 90.1 Å². The molecule has 56 heavy (non-hydrogen) atoms. The normalized spacial score (nSPS) is 49.3. The summed E-state index contributed by atoms with van der Waals surface area (Å²) in [4.78, 5) is 0. The standard InChI is InChI=1S/C39H66O16S/c1-19(21(3)16-51-35-33(31(28(44)18-52-35)55-56(47,48)49)54-36-32(50-6)30(45)27(43)17-53-36)7-8-20(2)23-14-25(41)34-38(23,5)12-10-29-37(4)11-9-22(40)13-24(37)26(42)15-39(29,34)46/h20-36,40-46H,1,7-18H2,2-6H3,(H,47,48,49)/t20-,21?,22+,23-,24-,25-,26+,27-,28-,29-,30+,31+,32-,33-,34-,35-,36+,37+,38-,39+/m1/s1. The van der Waals surface area contributed by atoms with Gasteiger partial charge in [0.2, 0.25) is 0 Å². The second-order valence-corrected chi connectivity index (χ2v) is 19.6. The fourth-order valence-corrected chi connectivity index (χ4v) is 12.7. The van der Waals surface area contributed by atoms with Crippen molar-refractivity contribution in [2.75, 3.05) is 26.9 Å². The zero-order valence-electron chi connectivity index (χ0n) is 33.3. The Labute approximate surface area is 330 Å². The van der Waals surface area contributed by atoms with Crippen molar-refractivity contribution in [1.29, 1.82) is 0 Å². The number of aliphatic hydroxyl groups is 7. The zero-order chi connectivity index (χ0) is 41.1. The maximum Gasteiger partial charge on any atom is 0.397 e. The summed E-state index contributed by atoms with van der Waals surface area (Å²) in [5.41, 5.74) is -0.983. The van der Waals surface area contributed by atoms with Gasteiger partial charge < -0.3 is 59.4 Å². The lowest BCUT2D eigenvalue weighted by Gasteiger charge is -2.66. The summed E-state index contributed by atoms with van der Waals surface area (Å²) < 4.78 is 66.3. The number of hydrogen-bond acceptors (Lipinski definition) is 15. The molecule has 2 aliphatic heterocycles. The van der Waals surface area contributed by atoms with Crippen LogP contribution in [-0.4, -0.2) is 149 Å².